The van der Waals surface area contributed by atoms with Crippen molar-refractivity contribution in [1.29, 1.82) is 0 Å². The molecule has 0 radical (unpaired) electrons. The Hall–Kier alpha value is -4.81. The first-order valence-electron chi connectivity index (χ1n) is 17.0. The summed E-state index contributed by atoms with van der Waals surface area (Å²) in [6.45, 7) is 9.04. The molecule has 2 heterocycles. The van der Waals surface area contributed by atoms with E-state index < -0.39 is 29.7 Å². The van der Waals surface area contributed by atoms with Gasteiger partial charge in [-0.05, 0) is 81.3 Å². The number of pyridine rings is 1. The van der Waals surface area contributed by atoms with Crippen LogP contribution in [0.3, 0.4) is 0 Å². The van der Waals surface area contributed by atoms with E-state index in [2.05, 4.69) is 5.32 Å². The van der Waals surface area contributed by atoms with Crippen LogP contribution in [0.25, 0.3) is 11.3 Å². The van der Waals surface area contributed by atoms with Crippen molar-refractivity contribution >= 4 is 23.9 Å². The van der Waals surface area contributed by atoms with Crippen LogP contribution in [0.4, 0.5) is 4.79 Å². The van der Waals surface area contributed by atoms with Crippen LogP contribution >= 0.6 is 0 Å². The van der Waals surface area contributed by atoms with Crippen molar-refractivity contribution in [2.24, 2.45) is 5.92 Å². The lowest BCUT2D eigenvalue weighted by Crippen LogP contribution is -2.55. The second kappa shape index (κ2) is 16.3. The first kappa shape index (κ1) is 36.5. The highest BCUT2D eigenvalue weighted by Gasteiger charge is 2.39. The Balaban J connectivity index is 1.38. The van der Waals surface area contributed by atoms with Gasteiger partial charge in [0.25, 0.3) is 5.91 Å². The number of hydroxylamine groups is 2. The molecular weight excluding hydrogens is 640 g/mol. The molecule has 12 heteroatoms. The summed E-state index contributed by atoms with van der Waals surface area (Å²) in [4.78, 5) is 64.1. The molecular formula is C38H46N4O8. The lowest BCUT2D eigenvalue weighted by molar-refractivity contribution is -0.157. The van der Waals surface area contributed by atoms with Gasteiger partial charge in [0.15, 0.2) is 0 Å². The van der Waals surface area contributed by atoms with Gasteiger partial charge in [-0.25, -0.2) is 14.6 Å². The predicted octanol–water partition coefficient (Wildman–Crippen LogP) is 5.03. The molecule has 1 aliphatic heterocycles. The van der Waals surface area contributed by atoms with Crippen LogP contribution in [-0.2, 0) is 30.3 Å². The molecule has 2 amide bonds. The number of aromatic nitrogens is 1. The average molecular weight is 687 g/mol. The topological polar surface area (TPSA) is 137 Å². The first-order chi connectivity index (χ1) is 23.9. The molecule has 3 aromatic rings. The number of amides is 2. The highest BCUT2D eigenvalue weighted by atomic mass is 16.8. The molecule has 2 unspecified atom stereocenters. The molecule has 266 valence electrons. The fraction of sp³-hybridized carbons (Fsp3) is 0.447. The number of ether oxygens (including phenoxy) is 3. The SMILES string of the molecule is CCOC(=O)ON1CCN(C(=O)[C@H](Cc2ccc(C(=O)OC(C)(C)C)cc2)NC(=O)c2cc(C3CC3COC)cc(-c3ccccc3)n2)CC1. The van der Waals surface area contributed by atoms with Gasteiger partial charge in [-0.1, -0.05) is 42.5 Å². The third-order valence-corrected chi connectivity index (χ3v) is 8.53. The third-order valence-electron chi connectivity index (χ3n) is 8.53. The molecule has 1 saturated heterocycles. The second-order valence-corrected chi connectivity index (χ2v) is 13.6. The maximum Gasteiger partial charge on any atom is 0.527 e. The fourth-order valence-corrected chi connectivity index (χ4v) is 5.94. The number of carbonyl (C=O) groups excluding carboxylic acids is 4. The molecule has 1 saturated carbocycles. The first-order valence-corrected chi connectivity index (χ1v) is 17.0. The van der Waals surface area contributed by atoms with Crippen molar-refractivity contribution in [3.8, 4) is 11.3 Å². The van der Waals surface area contributed by atoms with Gasteiger partial charge in [0.1, 0.15) is 17.3 Å². The molecule has 12 nitrogen and oxygen atoms in total. The molecule has 50 heavy (non-hydrogen) atoms. The zero-order chi connectivity index (χ0) is 35.8. The van der Waals surface area contributed by atoms with Gasteiger partial charge in [0.2, 0.25) is 5.91 Å². The van der Waals surface area contributed by atoms with Crippen LogP contribution in [0, 0.1) is 5.92 Å². The molecule has 0 spiro atoms. The lowest BCUT2D eigenvalue weighted by atomic mass is 10.0. The number of piperazine rings is 1. The largest absolute Gasteiger partial charge is 0.527 e. The quantitative estimate of drug-likeness (QED) is 0.259. The van der Waals surface area contributed by atoms with E-state index in [9.17, 15) is 19.2 Å². The van der Waals surface area contributed by atoms with Gasteiger partial charge in [-0.3, -0.25) is 9.59 Å². The zero-order valence-corrected chi connectivity index (χ0v) is 29.3. The van der Waals surface area contributed by atoms with Gasteiger partial charge in [0, 0.05) is 38.8 Å². The number of nitrogens with one attached hydrogen (secondary N) is 1. The molecule has 0 bridgehead atoms. The number of methoxy groups -OCH3 is 1. The molecule has 1 aromatic heterocycles. The van der Waals surface area contributed by atoms with Crippen LogP contribution in [0.2, 0.25) is 0 Å². The molecule has 2 fully saturated rings. The predicted molar refractivity (Wildman–Crippen MR) is 185 cm³/mol. The van der Waals surface area contributed by atoms with Crippen LogP contribution in [0.15, 0.2) is 66.7 Å². The van der Waals surface area contributed by atoms with E-state index in [1.54, 1.807) is 64.0 Å². The van der Waals surface area contributed by atoms with E-state index in [0.717, 1.165) is 23.1 Å². The van der Waals surface area contributed by atoms with E-state index >= 15 is 0 Å². The number of hydrogen-bond donors (Lipinski definition) is 1. The van der Waals surface area contributed by atoms with E-state index in [-0.39, 0.29) is 56.7 Å². The number of benzene rings is 2. The number of hydrogen-bond acceptors (Lipinski definition) is 10. The maximum absolute atomic E-state index is 14.1. The van der Waals surface area contributed by atoms with Crippen molar-refractivity contribution in [3.63, 3.8) is 0 Å². The van der Waals surface area contributed by atoms with Gasteiger partial charge in [-0.15, -0.1) is 5.06 Å². The van der Waals surface area contributed by atoms with Gasteiger partial charge < -0.3 is 29.3 Å². The van der Waals surface area contributed by atoms with E-state index in [0.29, 0.717) is 23.8 Å². The highest BCUT2D eigenvalue weighted by Crippen LogP contribution is 2.48. The normalized spacial score (nSPS) is 18.1. The Morgan fingerprint density at radius 2 is 1.66 bits per heavy atom. The van der Waals surface area contributed by atoms with Crippen molar-refractivity contribution < 1.29 is 38.2 Å². The fourth-order valence-electron chi connectivity index (χ4n) is 5.94. The molecule has 3 atom stereocenters. The Morgan fingerprint density at radius 3 is 2.30 bits per heavy atom. The minimum atomic E-state index is -0.944. The Kier molecular flexibility index (Phi) is 11.9. The second-order valence-electron chi connectivity index (χ2n) is 13.6. The van der Waals surface area contributed by atoms with E-state index in [4.69, 9.17) is 24.0 Å². The summed E-state index contributed by atoms with van der Waals surface area (Å²) in [5.41, 5.74) is 3.27. The molecule has 2 aliphatic rings. The smallest absolute Gasteiger partial charge is 0.456 e. The molecule has 1 aliphatic carbocycles. The zero-order valence-electron chi connectivity index (χ0n) is 29.3. The summed E-state index contributed by atoms with van der Waals surface area (Å²) in [7, 11) is 1.69. The summed E-state index contributed by atoms with van der Waals surface area (Å²) in [6, 6.07) is 19.4. The monoisotopic (exact) mass is 686 g/mol. The highest BCUT2D eigenvalue weighted by molar-refractivity contribution is 5.97. The van der Waals surface area contributed by atoms with E-state index in [1.807, 2.05) is 42.5 Å². The minimum Gasteiger partial charge on any atom is -0.456 e. The number of esters is 1. The summed E-state index contributed by atoms with van der Waals surface area (Å²) in [5.74, 6) is -0.586. The number of carbonyl (C=O) groups is 4. The van der Waals surface area contributed by atoms with Crippen molar-refractivity contribution in [1.82, 2.24) is 20.3 Å². The summed E-state index contributed by atoms with van der Waals surface area (Å²) in [6.07, 6.45) is 0.332. The maximum atomic E-state index is 14.1. The summed E-state index contributed by atoms with van der Waals surface area (Å²) < 4.78 is 15.7. The van der Waals surface area contributed by atoms with Gasteiger partial charge in [0.05, 0.1) is 31.0 Å². The van der Waals surface area contributed by atoms with Crippen LogP contribution in [-0.4, -0.2) is 97.0 Å². The van der Waals surface area contributed by atoms with Gasteiger partial charge >= 0.3 is 12.1 Å². The van der Waals surface area contributed by atoms with Crippen LogP contribution in [0.1, 0.15) is 72.0 Å². The van der Waals surface area contributed by atoms with E-state index in [1.165, 1.54) is 5.06 Å². The third kappa shape index (κ3) is 9.88. The van der Waals surface area contributed by atoms with Crippen molar-refractivity contribution in [2.75, 3.05) is 46.5 Å². The number of nitrogens with zero attached hydrogens (tertiary/aromatic N) is 3. The number of rotatable bonds is 12. The van der Waals surface area contributed by atoms with Crippen LogP contribution < -0.4 is 5.32 Å². The standard InChI is InChI=1S/C38H46N4O8/c1-6-48-37(46)50-42-18-16-41(17-19-42)35(44)33(20-25-12-14-27(15-13-25)36(45)49-38(2,3)4)40-34(43)32-23-28(30-21-29(30)24-47-5)22-31(39-32)26-10-8-7-9-11-26/h7-15,22-23,29-30,33H,6,16-21,24H2,1-5H3,(H,40,43)/t29?,30?,33-/m0/s1. The lowest BCUT2D eigenvalue weighted by Gasteiger charge is -2.35. The van der Waals surface area contributed by atoms with Crippen molar-refractivity contribution in [3.05, 3.63) is 89.1 Å². The average Bonchev–Trinajstić information content (AvgIpc) is 3.87. The summed E-state index contributed by atoms with van der Waals surface area (Å²) >= 11 is 0. The molecule has 1 N–H and O–H groups in total. The Bertz CT molecular complexity index is 1650. The van der Waals surface area contributed by atoms with Crippen molar-refractivity contribution in [2.45, 2.75) is 58.1 Å². The Labute approximate surface area is 293 Å². The van der Waals surface area contributed by atoms with Crippen LogP contribution in [0.5, 0.6) is 0 Å². The molecule has 5 rings (SSSR count). The Morgan fingerprint density at radius 1 is 0.960 bits per heavy atom. The summed E-state index contributed by atoms with van der Waals surface area (Å²) in [5, 5.41) is 4.44. The molecule has 2 aromatic carbocycles. The van der Waals surface area contributed by atoms with Gasteiger partial charge in [-0.2, -0.15) is 0 Å². The minimum absolute atomic E-state index is 0.169.